The van der Waals surface area contributed by atoms with Crippen LogP contribution in [0.4, 0.5) is 8.78 Å². The number of nitrogens with zero attached hydrogens (tertiary/aromatic N) is 1. The second-order valence-corrected chi connectivity index (χ2v) is 5.48. The molecule has 0 amide bonds. The van der Waals surface area contributed by atoms with E-state index < -0.39 is 17.6 Å². The lowest BCUT2D eigenvalue weighted by Crippen LogP contribution is -2.22. The summed E-state index contributed by atoms with van der Waals surface area (Å²) >= 11 is 0. The van der Waals surface area contributed by atoms with Crippen LogP contribution in [0.25, 0.3) is 0 Å². The van der Waals surface area contributed by atoms with Crippen LogP contribution in [0, 0.1) is 11.6 Å². The summed E-state index contributed by atoms with van der Waals surface area (Å²) in [6.45, 7) is 7.12. The van der Waals surface area contributed by atoms with Crippen LogP contribution < -0.4 is 0 Å². The van der Waals surface area contributed by atoms with Crippen LogP contribution >= 0.6 is 0 Å². The lowest BCUT2D eigenvalue weighted by atomic mass is 10.1. The first-order chi connectivity index (χ1) is 11.5. The lowest BCUT2D eigenvalue weighted by Gasteiger charge is -2.18. The second kappa shape index (κ2) is 8.55. The minimum Gasteiger partial charge on any atom is -0.457 e. The van der Waals surface area contributed by atoms with E-state index >= 15 is 0 Å². The van der Waals surface area contributed by atoms with E-state index in [9.17, 15) is 13.6 Å². The minimum absolute atomic E-state index is 0.0429. The molecule has 0 atom stereocenters. The second-order valence-electron chi connectivity index (χ2n) is 5.48. The van der Waals surface area contributed by atoms with Gasteiger partial charge in [-0.15, -0.1) is 0 Å². The molecular formula is C19H21F2NO2. The van der Waals surface area contributed by atoms with Gasteiger partial charge in [0, 0.05) is 12.6 Å². The third-order valence-corrected chi connectivity index (χ3v) is 3.84. The predicted octanol–water partition coefficient (Wildman–Crippen LogP) is 4.16. The van der Waals surface area contributed by atoms with Gasteiger partial charge in [0.15, 0.2) is 0 Å². The molecule has 2 aromatic carbocycles. The fourth-order valence-corrected chi connectivity index (χ4v) is 2.33. The monoisotopic (exact) mass is 333 g/mol. The zero-order valence-electron chi connectivity index (χ0n) is 13.9. The van der Waals surface area contributed by atoms with Gasteiger partial charge in [-0.05, 0) is 36.3 Å². The molecule has 0 fully saturated rings. The average Bonchev–Trinajstić information content (AvgIpc) is 2.58. The summed E-state index contributed by atoms with van der Waals surface area (Å²) in [5, 5.41) is 0. The van der Waals surface area contributed by atoms with Gasteiger partial charge in [0.2, 0.25) is 0 Å². The molecule has 24 heavy (non-hydrogen) atoms. The molecule has 0 saturated carbocycles. The van der Waals surface area contributed by atoms with Crippen LogP contribution in [0.1, 0.15) is 35.3 Å². The van der Waals surface area contributed by atoms with E-state index in [0.29, 0.717) is 6.07 Å². The highest BCUT2D eigenvalue weighted by molar-refractivity contribution is 5.89. The topological polar surface area (TPSA) is 29.5 Å². The van der Waals surface area contributed by atoms with Crippen LogP contribution in [0.2, 0.25) is 0 Å². The quantitative estimate of drug-likeness (QED) is 0.713. The zero-order chi connectivity index (χ0) is 17.5. The molecule has 0 bridgehead atoms. The van der Waals surface area contributed by atoms with Crippen molar-refractivity contribution in [2.24, 2.45) is 0 Å². The number of hydrogen-bond acceptors (Lipinski definition) is 3. The van der Waals surface area contributed by atoms with Gasteiger partial charge in [-0.3, -0.25) is 4.90 Å². The Hall–Kier alpha value is -2.27. The average molecular weight is 333 g/mol. The molecule has 0 aromatic heterocycles. The number of halogens is 2. The van der Waals surface area contributed by atoms with Gasteiger partial charge in [-0.2, -0.15) is 0 Å². The van der Waals surface area contributed by atoms with E-state index in [1.807, 2.05) is 24.3 Å². The van der Waals surface area contributed by atoms with Crippen molar-refractivity contribution in [3.05, 3.63) is 70.8 Å². The third-order valence-electron chi connectivity index (χ3n) is 3.84. The number of ether oxygens (including phenoxy) is 1. The molecule has 0 aliphatic heterocycles. The summed E-state index contributed by atoms with van der Waals surface area (Å²) in [6, 6.07) is 10.5. The van der Waals surface area contributed by atoms with Crippen LogP contribution in [-0.4, -0.2) is 24.0 Å². The van der Waals surface area contributed by atoms with Crippen molar-refractivity contribution in [2.75, 3.05) is 13.1 Å². The first kappa shape index (κ1) is 18.1. The molecule has 0 heterocycles. The Morgan fingerprint density at radius 3 is 2.21 bits per heavy atom. The van der Waals surface area contributed by atoms with Crippen molar-refractivity contribution >= 4 is 5.97 Å². The Kier molecular flexibility index (Phi) is 6.44. The summed E-state index contributed by atoms with van der Waals surface area (Å²) in [5.74, 6) is -2.46. The van der Waals surface area contributed by atoms with Crippen molar-refractivity contribution in [2.45, 2.75) is 27.0 Å². The highest BCUT2D eigenvalue weighted by Gasteiger charge is 2.14. The van der Waals surface area contributed by atoms with Crippen molar-refractivity contribution in [3.63, 3.8) is 0 Å². The van der Waals surface area contributed by atoms with Crippen LogP contribution in [0.5, 0.6) is 0 Å². The molecule has 3 nitrogen and oxygen atoms in total. The van der Waals surface area contributed by atoms with Crippen molar-refractivity contribution in [3.8, 4) is 0 Å². The first-order valence-corrected chi connectivity index (χ1v) is 7.95. The third kappa shape index (κ3) is 4.86. The lowest BCUT2D eigenvalue weighted by molar-refractivity contribution is 0.0467. The molecule has 0 spiro atoms. The van der Waals surface area contributed by atoms with Crippen molar-refractivity contribution in [1.29, 1.82) is 0 Å². The summed E-state index contributed by atoms with van der Waals surface area (Å²) in [6.07, 6.45) is 0. The van der Waals surface area contributed by atoms with Crippen molar-refractivity contribution in [1.82, 2.24) is 4.90 Å². The smallest absolute Gasteiger partial charge is 0.341 e. The highest BCUT2D eigenvalue weighted by atomic mass is 19.1. The predicted molar refractivity (Wildman–Crippen MR) is 88.5 cm³/mol. The standard InChI is InChI=1S/C19H21F2NO2/c1-3-22(4-2)12-14-5-7-15(8-6-14)13-24-19(23)17-10-9-16(20)11-18(17)21/h5-11H,3-4,12-13H2,1-2H3. The van der Waals surface area contributed by atoms with Gasteiger partial charge in [-0.25, -0.2) is 13.6 Å². The normalized spacial score (nSPS) is 10.9. The molecule has 5 heteroatoms. The number of benzene rings is 2. The number of carbonyl (C=O) groups is 1. The summed E-state index contributed by atoms with van der Waals surface area (Å²) in [5.41, 5.74) is 1.72. The van der Waals surface area contributed by atoms with Crippen LogP contribution in [0.15, 0.2) is 42.5 Å². The van der Waals surface area contributed by atoms with E-state index in [1.165, 1.54) is 5.56 Å². The molecule has 0 N–H and O–H groups in total. The molecule has 0 aliphatic carbocycles. The maximum atomic E-state index is 13.5. The minimum atomic E-state index is -0.922. The number of carbonyl (C=O) groups excluding carboxylic acids is 1. The molecule has 0 saturated heterocycles. The summed E-state index contributed by atoms with van der Waals surface area (Å²) in [4.78, 5) is 14.1. The van der Waals surface area contributed by atoms with Crippen molar-refractivity contribution < 1.29 is 18.3 Å². The van der Waals surface area contributed by atoms with Crippen LogP contribution in [-0.2, 0) is 17.9 Å². The first-order valence-electron chi connectivity index (χ1n) is 7.95. The molecular weight excluding hydrogens is 312 g/mol. The fourth-order valence-electron chi connectivity index (χ4n) is 2.33. The van der Waals surface area contributed by atoms with E-state index in [2.05, 4.69) is 18.7 Å². The Bertz CT molecular complexity index is 682. The zero-order valence-corrected chi connectivity index (χ0v) is 13.9. The molecule has 128 valence electrons. The molecule has 0 aliphatic rings. The Balaban J connectivity index is 1.93. The molecule has 2 aromatic rings. The van der Waals surface area contributed by atoms with E-state index in [1.54, 1.807) is 0 Å². The number of esters is 1. The van der Waals surface area contributed by atoms with Gasteiger partial charge >= 0.3 is 5.97 Å². The summed E-state index contributed by atoms with van der Waals surface area (Å²) in [7, 11) is 0. The largest absolute Gasteiger partial charge is 0.457 e. The Morgan fingerprint density at radius 2 is 1.62 bits per heavy atom. The van der Waals surface area contributed by atoms with Gasteiger partial charge in [0.05, 0.1) is 5.56 Å². The maximum absolute atomic E-state index is 13.5. The number of hydrogen-bond donors (Lipinski definition) is 0. The fraction of sp³-hybridized carbons (Fsp3) is 0.316. The van der Waals surface area contributed by atoms with Gasteiger partial charge in [0.25, 0.3) is 0 Å². The van der Waals surface area contributed by atoms with E-state index in [-0.39, 0.29) is 12.2 Å². The molecule has 2 rings (SSSR count). The van der Waals surface area contributed by atoms with Gasteiger partial charge in [0.1, 0.15) is 18.2 Å². The SMILES string of the molecule is CCN(CC)Cc1ccc(COC(=O)c2ccc(F)cc2F)cc1. The number of rotatable bonds is 7. The highest BCUT2D eigenvalue weighted by Crippen LogP contribution is 2.13. The van der Waals surface area contributed by atoms with Crippen LogP contribution in [0.3, 0.4) is 0 Å². The van der Waals surface area contributed by atoms with E-state index in [4.69, 9.17) is 4.74 Å². The van der Waals surface area contributed by atoms with Gasteiger partial charge < -0.3 is 4.74 Å². The van der Waals surface area contributed by atoms with Gasteiger partial charge in [-0.1, -0.05) is 38.1 Å². The molecule has 0 radical (unpaired) electrons. The molecule has 0 unspecified atom stereocenters. The Morgan fingerprint density at radius 1 is 1.00 bits per heavy atom. The Labute approximate surface area is 140 Å². The maximum Gasteiger partial charge on any atom is 0.341 e. The summed E-state index contributed by atoms with van der Waals surface area (Å²) < 4.78 is 31.5. The van der Waals surface area contributed by atoms with E-state index in [0.717, 1.165) is 37.3 Å².